The predicted molar refractivity (Wildman–Crippen MR) is 80.2 cm³/mol. The van der Waals surface area contributed by atoms with Crippen molar-refractivity contribution >= 4 is 0 Å². The van der Waals surface area contributed by atoms with Crippen LogP contribution in [0.25, 0.3) is 0 Å². The van der Waals surface area contributed by atoms with Gasteiger partial charge in [0, 0.05) is 6.54 Å². The summed E-state index contributed by atoms with van der Waals surface area (Å²) >= 11 is 0. The SMILES string of the molecule is Fc1ccc(CNC(c2ccccc2)c2ccco2)cc1. The van der Waals surface area contributed by atoms with Gasteiger partial charge in [0.2, 0.25) is 0 Å². The van der Waals surface area contributed by atoms with Crippen LogP contribution in [-0.4, -0.2) is 0 Å². The molecular formula is C18H16FNO. The minimum absolute atomic E-state index is 0.0220. The second kappa shape index (κ2) is 6.37. The highest BCUT2D eigenvalue weighted by Crippen LogP contribution is 2.22. The second-order valence-corrected chi connectivity index (χ2v) is 4.87. The van der Waals surface area contributed by atoms with Gasteiger partial charge in [0.05, 0.1) is 12.3 Å². The Labute approximate surface area is 123 Å². The largest absolute Gasteiger partial charge is 0.467 e. The van der Waals surface area contributed by atoms with Crippen LogP contribution in [0.1, 0.15) is 22.9 Å². The quantitative estimate of drug-likeness (QED) is 0.754. The molecule has 0 bridgehead atoms. The van der Waals surface area contributed by atoms with Crippen LogP contribution in [0.2, 0.25) is 0 Å². The summed E-state index contributed by atoms with van der Waals surface area (Å²) in [6.07, 6.45) is 1.67. The molecule has 3 aromatic rings. The first-order chi connectivity index (χ1) is 10.3. The maximum Gasteiger partial charge on any atom is 0.125 e. The Morgan fingerprint density at radius 1 is 0.905 bits per heavy atom. The van der Waals surface area contributed by atoms with E-state index in [0.29, 0.717) is 6.54 Å². The van der Waals surface area contributed by atoms with E-state index < -0.39 is 0 Å². The molecule has 1 heterocycles. The Bertz CT molecular complexity index is 662. The summed E-state index contributed by atoms with van der Waals surface area (Å²) in [7, 11) is 0. The third-order valence-electron chi connectivity index (χ3n) is 3.38. The summed E-state index contributed by atoms with van der Waals surface area (Å²) in [5.74, 6) is 0.646. The third kappa shape index (κ3) is 3.38. The lowest BCUT2D eigenvalue weighted by Crippen LogP contribution is -2.21. The Balaban J connectivity index is 1.78. The van der Waals surface area contributed by atoms with Crippen LogP contribution in [0.4, 0.5) is 4.39 Å². The molecule has 0 amide bonds. The molecule has 3 heteroatoms. The van der Waals surface area contributed by atoms with Gasteiger partial charge < -0.3 is 4.42 Å². The normalized spacial score (nSPS) is 12.2. The average Bonchev–Trinajstić information content (AvgIpc) is 3.05. The van der Waals surface area contributed by atoms with Gasteiger partial charge >= 0.3 is 0 Å². The fourth-order valence-electron chi connectivity index (χ4n) is 2.31. The van der Waals surface area contributed by atoms with Crippen LogP contribution in [0.3, 0.4) is 0 Å². The van der Waals surface area contributed by atoms with E-state index in [2.05, 4.69) is 17.4 Å². The summed E-state index contributed by atoms with van der Waals surface area (Å²) in [6, 6.07) is 20.4. The van der Waals surface area contributed by atoms with Crippen molar-refractivity contribution in [2.75, 3.05) is 0 Å². The first kappa shape index (κ1) is 13.6. The van der Waals surface area contributed by atoms with E-state index in [9.17, 15) is 4.39 Å². The molecule has 2 aromatic carbocycles. The Kier molecular flexibility index (Phi) is 4.12. The lowest BCUT2D eigenvalue weighted by Gasteiger charge is -2.17. The van der Waals surface area contributed by atoms with Gasteiger partial charge in [0.25, 0.3) is 0 Å². The van der Waals surface area contributed by atoms with Crippen molar-refractivity contribution in [3.63, 3.8) is 0 Å². The lowest BCUT2D eigenvalue weighted by atomic mass is 10.0. The first-order valence-electron chi connectivity index (χ1n) is 6.89. The van der Waals surface area contributed by atoms with Crippen LogP contribution >= 0.6 is 0 Å². The van der Waals surface area contributed by atoms with Crippen molar-refractivity contribution in [1.82, 2.24) is 5.32 Å². The number of benzene rings is 2. The van der Waals surface area contributed by atoms with E-state index in [1.807, 2.05) is 30.3 Å². The van der Waals surface area contributed by atoms with Gasteiger partial charge in [0.1, 0.15) is 11.6 Å². The number of halogens is 1. The molecule has 0 aliphatic rings. The number of hydrogen-bond donors (Lipinski definition) is 1. The summed E-state index contributed by atoms with van der Waals surface area (Å²) in [5, 5.41) is 3.46. The molecule has 0 radical (unpaired) electrons. The smallest absolute Gasteiger partial charge is 0.125 e. The van der Waals surface area contributed by atoms with Gasteiger partial charge in [-0.25, -0.2) is 4.39 Å². The van der Waals surface area contributed by atoms with Gasteiger partial charge in [-0.2, -0.15) is 0 Å². The fraction of sp³-hybridized carbons (Fsp3) is 0.111. The zero-order valence-corrected chi connectivity index (χ0v) is 11.5. The molecule has 21 heavy (non-hydrogen) atoms. The van der Waals surface area contributed by atoms with Crippen LogP contribution in [0, 0.1) is 5.82 Å². The molecule has 0 saturated carbocycles. The molecular weight excluding hydrogens is 265 g/mol. The van der Waals surface area contributed by atoms with Crippen LogP contribution in [0.5, 0.6) is 0 Å². The van der Waals surface area contributed by atoms with E-state index in [4.69, 9.17) is 4.42 Å². The van der Waals surface area contributed by atoms with Gasteiger partial charge in [0.15, 0.2) is 0 Å². The van der Waals surface area contributed by atoms with Crippen molar-refractivity contribution < 1.29 is 8.81 Å². The molecule has 1 aromatic heterocycles. The topological polar surface area (TPSA) is 25.2 Å². The molecule has 0 fully saturated rings. The minimum atomic E-state index is -0.218. The molecule has 0 aliphatic heterocycles. The molecule has 2 nitrogen and oxygen atoms in total. The number of hydrogen-bond acceptors (Lipinski definition) is 2. The highest BCUT2D eigenvalue weighted by molar-refractivity contribution is 5.27. The van der Waals surface area contributed by atoms with Crippen molar-refractivity contribution in [2.24, 2.45) is 0 Å². The number of nitrogens with one attached hydrogen (secondary N) is 1. The summed E-state index contributed by atoms with van der Waals surface area (Å²) in [6.45, 7) is 0.639. The molecule has 1 unspecified atom stereocenters. The molecule has 106 valence electrons. The highest BCUT2D eigenvalue weighted by Gasteiger charge is 2.15. The van der Waals surface area contributed by atoms with Gasteiger partial charge in [-0.1, -0.05) is 42.5 Å². The van der Waals surface area contributed by atoms with Crippen molar-refractivity contribution in [3.8, 4) is 0 Å². The van der Waals surface area contributed by atoms with E-state index in [0.717, 1.165) is 16.9 Å². The highest BCUT2D eigenvalue weighted by atomic mass is 19.1. The first-order valence-corrected chi connectivity index (χ1v) is 6.89. The maximum atomic E-state index is 12.9. The lowest BCUT2D eigenvalue weighted by molar-refractivity contribution is 0.445. The summed E-state index contributed by atoms with van der Waals surface area (Å²) in [4.78, 5) is 0. The summed E-state index contributed by atoms with van der Waals surface area (Å²) < 4.78 is 18.5. The molecule has 3 rings (SSSR count). The Morgan fingerprint density at radius 2 is 1.67 bits per heavy atom. The molecule has 0 aliphatic carbocycles. The third-order valence-corrected chi connectivity index (χ3v) is 3.38. The van der Waals surface area contributed by atoms with Crippen LogP contribution in [-0.2, 0) is 6.54 Å². The Morgan fingerprint density at radius 3 is 2.33 bits per heavy atom. The fourth-order valence-corrected chi connectivity index (χ4v) is 2.31. The molecule has 0 spiro atoms. The van der Waals surface area contributed by atoms with Crippen molar-refractivity contribution in [2.45, 2.75) is 12.6 Å². The van der Waals surface area contributed by atoms with Crippen LogP contribution < -0.4 is 5.32 Å². The number of furan rings is 1. The minimum Gasteiger partial charge on any atom is -0.467 e. The molecule has 1 atom stereocenters. The second-order valence-electron chi connectivity index (χ2n) is 4.87. The van der Waals surface area contributed by atoms with E-state index in [-0.39, 0.29) is 11.9 Å². The van der Waals surface area contributed by atoms with Crippen LogP contribution in [0.15, 0.2) is 77.4 Å². The Hall–Kier alpha value is -2.39. The van der Waals surface area contributed by atoms with Gasteiger partial charge in [-0.15, -0.1) is 0 Å². The maximum absolute atomic E-state index is 12.9. The molecule has 0 saturated heterocycles. The van der Waals surface area contributed by atoms with E-state index >= 15 is 0 Å². The predicted octanol–water partition coefficient (Wildman–Crippen LogP) is 4.30. The van der Waals surface area contributed by atoms with Crippen molar-refractivity contribution in [3.05, 3.63) is 95.7 Å². The zero-order valence-electron chi connectivity index (χ0n) is 11.5. The van der Waals surface area contributed by atoms with Gasteiger partial charge in [-0.3, -0.25) is 5.32 Å². The summed E-state index contributed by atoms with van der Waals surface area (Å²) in [5.41, 5.74) is 2.17. The number of rotatable bonds is 5. The standard InChI is InChI=1S/C18H16FNO/c19-16-10-8-14(9-11-16)13-20-18(17-7-4-12-21-17)15-5-2-1-3-6-15/h1-12,18,20H,13H2. The molecule has 1 N–H and O–H groups in total. The van der Waals surface area contributed by atoms with E-state index in [1.165, 1.54) is 12.1 Å². The van der Waals surface area contributed by atoms with Crippen molar-refractivity contribution in [1.29, 1.82) is 0 Å². The van der Waals surface area contributed by atoms with Gasteiger partial charge in [-0.05, 0) is 35.4 Å². The monoisotopic (exact) mass is 281 g/mol. The van der Waals surface area contributed by atoms with E-state index in [1.54, 1.807) is 18.4 Å². The zero-order chi connectivity index (χ0) is 14.5. The average molecular weight is 281 g/mol.